The summed E-state index contributed by atoms with van der Waals surface area (Å²) in [4.78, 5) is 23.3. The molecule has 1 saturated heterocycles. The number of para-hydroxylation sites is 1. The summed E-state index contributed by atoms with van der Waals surface area (Å²) in [6.45, 7) is 1.26. The zero-order valence-corrected chi connectivity index (χ0v) is 10.1. The topological polar surface area (TPSA) is 64.6 Å². The lowest BCUT2D eigenvalue weighted by molar-refractivity contribution is -0.121. The molecule has 0 radical (unpaired) electrons. The summed E-state index contributed by atoms with van der Waals surface area (Å²) in [5, 5.41) is 2.73. The standard InChI is InChI=1S/C13H15NO4/c1-17-13(16)10-4-2-3-5-11(10)14-12(15)6-9-7-18-8-9/h2-5,9H,6-8H2,1H3,(H,14,15). The predicted octanol–water partition coefficient (Wildman–Crippen LogP) is 1.45. The van der Waals surface area contributed by atoms with E-state index in [-0.39, 0.29) is 11.8 Å². The second-order valence-corrected chi connectivity index (χ2v) is 4.19. The average Bonchev–Trinajstić information content (AvgIpc) is 2.34. The molecule has 0 atom stereocenters. The molecule has 0 unspecified atom stereocenters. The Hall–Kier alpha value is -1.88. The molecule has 96 valence electrons. The first-order chi connectivity index (χ1) is 8.70. The molecule has 1 aromatic carbocycles. The Bertz CT molecular complexity index is 454. The van der Waals surface area contributed by atoms with Crippen LogP contribution in [0.15, 0.2) is 24.3 Å². The number of benzene rings is 1. The lowest BCUT2D eigenvalue weighted by atomic mass is 10.0. The monoisotopic (exact) mass is 249 g/mol. The molecule has 0 spiro atoms. The zero-order chi connectivity index (χ0) is 13.0. The number of methoxy groups -OCH3 is 1. The molecule has 1 aromatic rings. The van der Waals surface area contributed by atoms with Crippen molar-refractivity contribution in [1.82, 2.24) is 0 Å². The first-order valence-corrected chi connectivity index (χ1v) is 5.75. The summed E-state index contributed by atoms with van der Waals surface area (Å²) < 4.78 is 9.67. The van der Waals surface area contributed by atoms with Crippen molar-refractivity contribution in [3.63, 3.8) is 0 Å². The van der Waals surface area contributed by atoms with Crippen LogP contribution < -0.4 is 5.32 Å². The molecule has 5 nitrogen and oxygen atoms in total. The van der Waals surface area contributed by atoms with Crippen LogP contribution in [0, 0.1) is 5.92 Å². The third-order valence-electron chi connectivity index (χ3n) is 2.79. The smallest absolute Gasteiger partial charge is 0.339 e. The van der Waals surface area contributed by atoms with Gasteiger partial charge in [0.05, 0.1) is 31.6 Å². The fourth-order valence-corrected chi connectivity index (χ4v) is 1.75. The maximum Gasteiger partial charge on any atom is 0.339 e. The first kappa shape index (κ1) is 12.6. The van der Waals surface area contributed by atoms with Gasteiger partial charge in [-0.05, 0) is 12.1 Å². The van der Waals surface area contributed by atoms with Gasteiger partial charge in [-0.2, -0.15) is 0 Å². The molecule has 1 aliphatic rings. The van der Waals surface area contributed by atoms with E-state index < -0.39 is 5.97 Å². The Kier molecular flexibility index (Phi) is 3.94. The Labute approximate surface area is 105 Å². The fraction of sp³-hybridized carbons (Fsp3) is 0.385. The summed E-state index contributed by atoms with van der Waals surface area (Å²) >= 11 is 0. The summed E-state index contributed by atoms with van der Waals surface area (Å²) in [6.07, 6.45) is 0.412. The average molecular weight is 249 g/mol. The van der Waals surface area contributed by atoms with Gasteiger partial charge in [-0.15, -0.1) is 0 Å². The van der Waals surface area contributed by atoms with E-state index in [0.29, 0.717) is 30.9 Å². The van der Waals surface area contributed by atoms with Gasteiger partial charge in [-0.1, -0.05) is 12.1 Å². The molecule has 5 heteroatoms. The Morgan fingerprint density at radius 3 is 2.72 bits per heavy atom. The van der Waals surface area contributed by atoms with E-state index in [4.69, 9.17) is 4.74 Å². The van der Waals surface area contributed by atoms with Gasteiger partial charge < -0.3 is 14.8 Å². The number of anilines is 1. The molecule has 1 aliphatic heterocycles. The van der Waals surface area contributed by atoms with Gasteiger partial charge in [-0.3, -0.25) is 4.79 Å². The van der Waals surface area contributed by atoms with E-state index >= 15 is 0 Å². The van der Waals surface area contributed by atoms with Crippen molar-refractivity contribution in [3.05, 3.63) is 29.8 Å². The highest BCUT2D eigenvalue weighted by molar-refractivity contribution is 6.01. The Morgan fingerprint density at radius 1 is 1.39 bits per heavy atom. The van der Waals surface area contributed by atoms with Crippen LogP contribution in [0.5, 0.6) is 0 Å². The van der Waals surface area contributed by atoms with E-state index in [1.165, 1.54) is 7.11 Å². The second kappa shape index (κ2) is 5.64. The van der Waals surface area contributed by atoms with Crippen LogP contribution in [0.1, 0.15) is 16.8 Å². The fourth-order valence-electron chi connectivity index (χ4n) is 1.75. The lowest BCUT2D eigenvalue weighted by Gasteiger charge is -2.25. The van der Waals surface area contributed by atoms with Gasteiger partial charge in [0.25, 0.3) is 0 Å². The lowest BCUT2D eigenvalue weighted by Crippen LogP contribution is -2.31. The van der Waals surface area contributed by atoms with Crippen LogP contribution in [0.25, 0.3) is 0 Å². The van der Waals surface area contributed by atoms with Crippen LogP contribution in [0.4, 0.5) is 5.69 Å². The van der Waals surface area contributed by atoms with E-state index in [1.807, 2.05) is 0 Å². The zero-order valence-electron chi connectivity index (χ0n) is 10.1. The largest absolute Gasteiger partial charge is 0.465 e. The second-order valence-electron chi connectivity index (χ2n) is 4.19. The van der Waals surface area contributed by atoms with Crippen molar-refractivity contribution >= 4 is 17.6 Å². The van der Waals surface area contributed by atoms with Crippen LogP contribution in [0.2, 0.25) is 0 Å². The van der Waals surface area contributed by atoms with Gasteiger partial charge >= 0.3 is 5.97 Å². The number of rotatable bonds is 4. The number of amides is 1. The summed E-state index contributed by atoms with van der Waals surface area (Å²) in [5.41, 5.74) is 0.841. The predicted molar refractivity (Wildman–Crippen MR) is 65.3 cm³/mol. The van der Waals surface area contributed by atoms with E-state index in [1.54, 1.807) is 24.3 Å². The van der Waals surface area contributed by atoms with Crippen LogP contribution in [-0.2, 0) is 14.3 Å². The van der Waals surface area contributed by atoms with E-state index in [9.17, 15) is 9.59 Å². The van der Waals surface area contributed by atoms with Crippen LogP contribution in [0.3, 0.4) is 0 Å². The summed E-state index contributed by atoms with van der Waals surface area (Å²) in [6, 6.07) is 6.78. The van der Waals surface area contributed by atoms with E-state index in [2.05, 4.69) is 10.1 Å². The van der Waals surface area contributed by atoms with Gasteiger partial charge in [-0.25, -0.2) is 4.79 Å². The third kappa shape index (κ3) is 2.87. The van der Waals surface area contributed by atoms with Crippen LogP contribution >= 0.6 is 0 Å². The van der Waals surface area contributed by atoms with Crippen molar-refractivity contribution in [2.24, 2.45) is 5.92 Å². The number of hydrogen-bond acceptors (Lipinski definition) is 4. The molecule has 0 saturated carbocycles. The molecule has 1 N–H and O–H groups in total. The molecule has 0 bridgehead atoms. The van der Waals surface area contributed by atoms with Gasteiger partial charge in [0.1, 0.15) is 0 Å². The summed E-state index contributed by atoms with van der Waals surface area (Å²) in [7, 11) is 1.31. The van der Waals surface area contributed by atoms with Gasteiger partial charge in [0.2, 0.25) is 5.91 Å². The minimum Gasteiger partial charge on any atom is -0.465 e. The van der Waals surface area contributed by atoms with Crippen molar-refractivity contribution in [2.75, 3.05) is 25.6 Å². The maximum atomic E-state index is 11.8. The van der Waals surface area contributed by atoms with Crippen molar-refractivity contribution in [1.29, 1.82) is 0 Å². The van der Waals surface area contributed by atoms with Crippen molar-refractivity contribution in [3.8, 4) is 0 Å². The van der Waals surface area contributed by atoms with Crippen molar-refractivity contribution in [2.45, 2.75) is 6.42 Å². The minimum absolute atomic E-state index is 0.111. The normalized spacial score (nSPS) is 14.7. The van der Waals surface area contributed by atoms with Crippen molar-refractivity contribution < 1.29 is 19.1 Å². The number of carbonyl (C=O) groups excluding carboxylic acids is 2. The van der Waals surface area contributed by atoms with Gasteiger partial charge in [0.15, 0.2) is 0 Å². The number of nitrogens with one attached hydrogen (secondary N) is 1. The highest BCUT2D eigenvalue weighted by Crippen LogP contribution is 2.19. The molecule has 1 heterocycles. The number of carbonyl (C=O) groups is 2. The maximum absolute atomic E-state index is 11.8. The SMILES string of the molecule is COC(=O)c1ccccc1NC(=O)CC1COC1. The number of ether oxygens (including phenoxy) is 2. The molecule has 1 fully saturated rings. The molecular weight excluding hydrogens is 234 g/mol. The minimum atomic E-state index is -0.460. The highest BCUT2D eigenvalue weighted by Gasteiger charge is 2.22. The Morgan fingerprint density at radius 2 is 2.11 bits per heavy atom. The third-order valence-corrected chi connectivity index (χ3v) is 2.79. The van der Waals surface area contributed by atoms with Gasteiger partial charge in [0, 0.05) is 12.3 Å². The quantitative estimate of drug-likeness (QED) is 0.820. The molecule has 0 aliphatic carbocycles. The Balaban J connectivity index is 2.03. The van der Waals surface area contributed by atoms with Crippen LogP contribution in [-0.4, -0.2) is 32.2 Å². The molecule has 18 heavy (non-hydrogen) atoms. The molecule has 1 amide bonds. The molecule has 2 rings (SSSR count). The summed E-state index contributed by atoms with van der Waals surface area (Å²) in [5.74, 6) is -0.284. The molecule has 0 aromatic heterocycles. The first-order valence-electron chi connectivity index (χ1n) is 5.75. The number of hydrogen-bond donors (Lipinski definition) is 1. The van der Waals surface area contributed by atoms with E-state index in [0.717, 1.165) is 0 Å². The highest BCUT2D eigenvalue weighted by atomic mass is 16.5. The number of esters is 1. The molecular formula is C13H15NO4.